The van der Waals surface area contributed by atoms with E-state index < -0.39 is 16.6 Å². The smallest absolute Gasteiger partial charge is 0.275 e. The number of phenolic OH excluding ortho intramolecular Hbond substituents is 3. The quantitative estimate of drug-likeness (QED) is 0.381. The number of nitro groups is 1. The molecular weight excluding hydrogens is 306 g/mol. The molecule has 0 bridgehead atoms. The standard InChI is InChI=1S/C14H11N3O6/c18-10-3-1-8(13(20)6-10)7-15-16-14(21)11-5-9(17(22)23)2-4-12(11)19/h1-7,18-20H,(H,16,21)/b15-7-. The second kappa shape index (κ2) is 6.43. The van der Waals surface area contributed by atoms with Crippen LogP contribution < -0.4 is 5.43 Å². The number of benzene rings is 2. The Labute approximate surface area is 129 Å². The summed E-state index contributed by atoms with van der Waals surface area (Å²) < 4.78 is 0. The van der Waals surface area contributed by atoms with Crippen LogP contribution in [0.25, 0.3) is 0 Å². The zero-order chi connectivity index (χ0) is 17.0. The molecule has 0 fully saturated rings. The Balaban J connectivity index is 2.15. The molecule has 9 heteroatoms. The maximum absolute atomic E-state index is 11.9. The molecule has 0 saturated heterocycles. The van der Waals surface area contributed by atoms with E-state index in [1.807, 2.05) is 0 Å². The third-order valence-corrected chi connectivity index (χ3v) is 2.82. The highest BCUT2D eigenvalue weighted by Crippen LogP contribution is 2.23. The van der Waals surface area contributed by atoms with E-state index in [4.69, 9.17) is 5.11 Å². The van der Waals surface area contributed by atoms with Crippen LogP contribution in [0.5, 0.6) is 17.2 Å². The Morgan fingerprint density at radius 1 is 1.13 bits per heavy atom. The zero-order valence-corrected chi connectivity index (χ0v) is 11.5. The normalized spacial score (nSPS) is 10.6. The summed E-state index contributed by atoms with van der Waals surface area (Å²) in [4.78, 5) is 21.8. The SMILES string of the molecule is O=C(N/N=C\c1ccc(O)cc1O)c1cc([N+](=O)[O-])ccc1O. The lowest BCUT2D eigenvalue weighted by Gasteiger charge is -2.03. The lowest BCUT2D eigenvalue weighted by Crippen LogP contribution is -2.18. The molecule has 0 aliphatic heterocycles. The summed E-state index contributed by atoms with van der Waals surface area (Å²) in [7, 11) is 0. The van der Waals surface area contributed by atoms with Crippen molar-refractivity contribution in [3.05, 3.63) is 57.6 Å². The molecule has 0 aliphatic carbocycles. The Morgan fingerprint density at radius 2 is 1.87 bits per heavy atom. The van der Waals surface area contributed by atoms with Crippen LogP contribution in [0.15, 0.2) is 41.5 Å². The third kappa shape index (κ3) is 3.73. The predicted octanol–water partition coefficient (Wildman–Crippen LogP) is 1.48. The Kier molecular flexibility index (Phi) is 4.41. The van der Waals surface area contributed by atoms with Gasteiger partial charge >= 0.3 is 0 Å². The van der Waals surface area contributed by atoms with Crippen molar-refractivity contribution in [1.29, 1.82) is 0 Å². The largest absolute Gasteiger partial charge is 0.508 e. The van der Waals surface area contributed by atoms with Crippen LogP contribution in [-0.2, 0) is 0 Å². The summed E-state index contributed by atoms with van der Waals surface area (Å²) in [5, 5.41) is 42.5. The lowest BCUT2D eigenvalue weighted by atomic mass is 10.1. The minimum absolute atomic E-state index is 0.134. The number of rotatable bonds is 4. The first kappa shape index (κ1) is 15.8. The number of hydrogen-bond acceptors (Lipinski definition) is 7. The van der Waals surface area contributed by atoms with E-state index in [0.717, 1.165) is 30.5 Å². The number of nitro benzene ring substituents is 1. The fourth-order valence-corrected chi connectivity index (χ4v) is 1.68. The molecule has 118 valence electrons. The molecule has 23 heavy (non-hydrogen) atoms. The zero-order valence-electron chi connectivity index (χ0n) is 11.5. The molecule has 0 unspecified atom stereocenters. The first-order valence-corrected chi connectivity index (χ1v) is 6.21. The number of hydrazone groups is 1. The number of carbonyl (C=O) groups excluding carboxylic acids is 1. The van der Waals surface area contributed by atoms with Gasteiger partial charge < -0.3 is 15.3 Å². The van der Waals surface area contributed by atoms with Gasteiger partial charge in [0.2, 0.25) is 0 Å². The van der Waals surface area contributed by atoms with E-state index >= 15 is 0 Å². The number of amides is 1. The minimum atomic E-state index is -0.860. The molecule has 4 N–H and O–H groups in total. The minimum Gasteiger partial charge on any atom is -0.508 e. The number of nitrogens with zero attached hydrogens (tertiary/aromatic N) is 2. The Bertz CT molecular complexity index is 803. The summed E-state index contributed by atoms with van der Waals surface area (Å²) in [5.41, 5.74) is 1.63. The van der Waals surface area contributed by atoms with Crippen molar-refractivity contribution in [2.75, 3.05) is 0 Å². The molecule has 0 heterocycles. The van der Waals surface area contributed by atoms with Gasteiger partial charge in [-0.1, -0.05) is 0 Å². The highest BCUT2D eigenvalue weighted by atomic mass is 16.6. The van der Waals surface area contributed by atoms with E-state index in [2.05, 4.69) is 10.5 Å². The molecule has 2 rings (SSSR count). The van der Waals surface area contributed by atoms with Gasteiger partial charge in [0.1, 0.15) is 17.2 Å². The maximum Gasteiger partial charge on any atom is 0.275 e. The van der Waals surface area contributed by atoms with Crippen LogP contribution in [0.3, 0.4) is 0 Å². The molecule has 0 spiro atoms. The molecule has 0 saturated carbocycles. The number of carbonyl (C=O) groups is 1. The third-order valence-electron chi connectivity index (χ3n) is 2.82. The number of aromatic hydroxyl groups is 3. The van der Waals surface area contributed by atoms with Crippen molar-refractivity contribution < 1.29 is 25.0 Å². The van der Waals surface area contributed by atoms with Gasteiger partial charge in [-0.25, -0.2) is 5.43 Å². The van der Waals surface area contributed by atoms with Gasteiger partial charge in [-0.3, -0.25) is 14.9 Å². The van der Waals surface area contributed by atoms with E-state index in [1.165, 1.54) is 12.1 Å². The summed E-state index contributed by atoms with van der Waals surface area (Å²) in [5.74, 6) is -1.68. The fourth-order valence-electron chi connectivity index (χ4n) is 1.68. The van der Waals surface area contributed by atoms with Crippen LogP contribution in [0.4, 0.5) is 5.69 Å². The average Bonchev–Trinajstić information content (AvgIpc) is 2.49. The van der Waals surface area contributed by atoms with Gasteiger partial charge in [0, 0.05) is 23.8 Å². The summed E-state index contributed by atoms with van der Waals surface area (Å²) in [6, 6.07) is 6.78. The van der Waals surface area contributed by atoms with Crippen molar-refractivity contribution in [3.8, 4) is 17.2 Å². The van der Waals surface area contributed by atoms with Crippen LogP contribution in [0.2, 0.25) is 0 Å². The number of hydrogen-bond donors (Lipinski definition) is 4. The molecule has 2 aromatic rings. The average molecular weight is 317 g/mol. The first-order valence-electron chi connectivity index (χ1n) is 6.21. The number of nitrogens with one attached hydrogen (secondary N) is 1. The molecule has 0 radical (unpaired) electrons. The molecule has 0 aliphatic rings. The van der Waals surface area contributed by atoms with Gasteiger partial charge in [0.25, 0.3) is 11.6 Å². The van der Waals surface area contributed by atoms with Crippen molar-refractivity contribution in [3.63, 3.8) is 0 Å². The predicted molar refractivity (Wildman–Crippen MR) is 79.6 cm³/mol. The second-order valence-corrected chi connectivity index (χ2v) is 4.40. The van der Waals surface area contributed by atoms with Crippen molar-refractivity contribution in [1.82, 2.24) is 5.43 Å². The van der Waals surface area contributed by atoms with E-state index in [-0.39, 0.29) is 28.3 Å². The fraction of sp³-hybridized carbons (Fsp3) is 0. The van der Waals surface area contributed by atoms with Crippen LogP contribution in [-0.4, -0.2) is 32.4 Å². The monoisotopic (exact) mass is 317 g/mol. The molecule has 0 atom stereocenters. The van der Waals surface area contributed by atoms with Crippen LogP contribution >= 0.6 is 0 Å². The Morgan fingerprint density at radius 3 is 2.52 bits per heavy atom. The summed E-state index contributed by atoms with van der Waals surface area (Å²) in [6.07, 6.45) is 1.11. The van der Waals surface area contributed by atoms with Crippen molar-refractivity contribution in [2.45, 2.75) is 0 Å². The molecule has 1 amide bonds. The Hall–Kier alpha value is -3.62. The van der Waals surface area contributed by atoms with Gasteiger partial charge in [-0.2, -0.15) is 5.10 Å². The van der Waals surface area contributed by atoms with E-state index in [1.54, 1.807) is 0 Å². The first-order chi connectivity index (χ1) is 10.9. The van der Waals surface area contributed by atoms with Crippen LogP contribution in [0, 0.1) is 10.1 Å². The van der Waals surface area contributed by atoms with E-state index in [9.17, 15) is 25.1 Å². The maximum atomic E-state index is 11.9. The van der Waals surface area contributed by atoms with Gasteiger partial charge in [-0.15, -0.1) is 0 Å². The highest BCUT2D eigenvalue weighted by molar-refractivity contribution is 5.98. The highest BCUT2D eigenvalue weighted by Gasteiger charge is 2.16. The number of non-ortho nitro benzene ring substituents is 1. The lowest BCUT2D eigenvalue weighted by molar-refractivity contribution is -0.384. The number of phenols is 3. The molecule has 0 aromatic heterocycles. The summed E-state index contributed by atoms with van der Waals surface area (Å²) in [6.45, 7) is 0. The topological polar surface area (TPSA) is 145 Å². The molecule has 9 nitrogen and oxygen atoms in total. The second-order valence-electron chi connectivity index (χ2n) is 4.40. The van der Waals surface area contributed by atoms with Crippen LogP contribution in [0.1, 0.15) is 15.9 Å². The molecular formula is C14H11N3O6. The summed E-state index contributed by atoms with van der Waals surface area (Å²) >= 11 is 0. The van der Waals surface area contributed by atoms with Gasteiger partial charge in [-0.05, 0) is 18.2 Å². The molecule has 2 aromatic carbocycles. The van der Waals surface area contributed by atoms with Gasteiger partial charge in [0.05, 0.1) is 16.7 Å². The van der Waals surface area contributed by atoms with E-state index in [0.29, 0.717) is 0 Å². The van der Waals surface area contributed by atoms with Crippen molar-refractivity contribution >= 4 is 17.8 Å². The van der Waals surface area contributed by atoms with Gasteiger partial charge in [0.15, 0.2) is 0 Å². The van der Waals surface area contributed by atoms with Crippen molar-refractivity contribution in [2.24, 2.45) is 5.10 Å².